The molecule has 0 amide bonds. The van der Waals surface area contributed by atoms with Crippen LogP contribution in [-0.4, -0.2) is 62.4 Å². The number of rotatable bonds is 14. The molecule has 3 aromatic heterocycles. The zero-order valence-electron chi connectivity index (χ0n) is 43.1. The molecule has 2 saturated carbocycles. The second kappa shape index (κ2) is 25.4. The van der Waals surface area contributed by atoms with Gasteiger partial charge in [0.25, 0.3) is 25.3 Å². The number of unbranched alkanes of at least 4 members (excludes halogenated alkanes) is 2. The highest BCUT2D eigenvalue weighted by Gasteiger charge is 2.67. The number of pyridine rings is 1. The summed E-state index contributed by atoms with van der Waals surface area (Å²) < 4.78 is 112. The van der Waals surface area contributed by atoms with Crippen LogP contribution in [-0.2, 0) is 28.5 Å². The molecule has 2 fully saturated rings. The first-order chi connectivity index (χ1) is 34.0. The summed E-state index contributed by atoms with van der Waals surface area (Å²) in [5.74, 6) is -9.33. The first kappa shape index (κ1) is 59.0. The normalized spacial score (nSPS) is 17.3. The van der Waals surface area contributed by atoms with Crippen LogP contribution >= 0.6 is 0 Å². The van der Waals surface area contributed by atoms with E-state index >= 15 is 0 Å². The smallest absolute Gasteiger partial charge is 0.293 e. The van der Waals surface area contributed by atoms with Crippen LogP contribution in [0.25, 0.3) is 16.7 Å². The lowest BCUT2D eigenvalue weighted by Crippen LogP contribution is -2.29. The van der Waals surface area contributed by atoms with Crippen LogP contribution in [0.2, 0.25) is 0 Å². The molecule has 0 bridgehead atoms. The number of nitrogens with one attached hydrogen (secondary N) is 2. The summed E-state index contributed by atoms with van der Waals surface area (Å²) in [6.07, 6.45) is 1.54. The molecule has 0 aliphatic heterocycles. The number of hydrogen-bond acceptors (Lipinski definition) is 8. The summed E-state index contributed by atoms with van der Waals surface area (Å²) in [6.45, 7) is 18.3. The number of halogens is 8. The van der Waals surface area contributed by atoms with Gasteiger partial charge in [0, 0.05) is 60.0 Å². The Kier molecular flexibility index (Phi) is 20.8. The molecule has 10 nitrogen and oxygen atoms in total. The van der Waals surface area contributed by atoms with E-state index in [-0.39, 0.29) is 73.4 Å². The molecule has 3 aliphatic rings. The molecule has 5 aromatic rings. The Morgan fingerprint density at radius 2 is 1.60 bits per heavy atom. The third-order valence-electron chi connectivity index (χ3n) is 12.8. The van der Waals surface area contributed by atoms with Gasteiger partial charge in [-0.2, -0.15) is 13.9 Å². The number of aldehydes is 1. The quantitative estimate of drug-likeness (QED) is 0.0372. The van der Waals surface area contributed by atoms with Gasteiger partial charge in [-0.15, -0.1) is 0 Å². The molecule has 391 valence electrons. The van der Waals surface area contributed by atoms with Crippen LogP contribution < -0.4 is 10.8 Å². The first-order valence-corrected chi connectivity index (χ1v) is 24.7. The number of benzene rings is 2. The van der Waals surface area contributed by atoms with Gasteiger partial charge in [0.15, 0.2) is 11.4 Å². The maximum Gasteiger partial charge on any atom is 0.293 e. The number of carbonyl (C=O) groups excluding carboxylic acids is 2. The summed E-state index contributed by atoms with van der Waals surface area (Å²) in [6, 6.07) is 8.78. The molecule has 1 radical (unpaired) electrons. The second-order valence-electron chi connectivity index (χ2n) is 18.1. The Bertz CT molecular complexity index is 2750. The predicted octanol–water partition coefficient (Wildman–Crippen LogP) is 12.8. The van der Waals surface area contributed by atoms with Gasteiger partial charge < -0.3 is 15.4 Å². The van der Waals surface area contributed by atoms with E-state index < -0.39 is 64.8 Å². The number of ketones is 1. The topological polar surface area (TPSA) is 136 Å². The van der Waals surface area contributed by atoms with Gasteiger partial charge in [0.1, 0.15) is 35.1 Å². The Balaban J connectivity index is 0.000000328. The van der Waals surface area contributed by atoms with Crippen molar-refractivity contribution in [3.63, 3.8) is 0 Å². The van der Waals surface area contributed by atoms with Crippen LogP contribution in [0.15, 0.2) is 41.2 Å². The van der Waals surface area contributed by atoms with Gasteiger partial charge in [0.05, 0.1) is 17.6 Å². The van der Waals surface area contributed by atoms with Crippen LogP contribution in [0.1, 0.15) is 180 Å². The lowest BCUT2D eigenvalue weighted by atomic mass is 9.78. The first-order valence-electron chi connectivity index (χ1n) is 24.7. The minimum absolute atomic E-state index is 0.0266. The van der Waals surface area contributed by atoms with Gasteiger partial charge in [-0.1, -0.05) is 54.0 Å². The standard InChI is InChI=1S/C33H35BF4N5O.C11H10F4N2O.C5H10O.2C2H6/c1-17-6-7-26(20(4)27(17)29(39)34-40-5)43-31(19(3)12-21-14-23(35)16-24(36)15-21)42-30-28(32(43)44)18(2)13-25(41-30)22-8-10-33(37,38)11-9-22;1-4(18)3-17-9-7(8(16-17)10(12)13)5-2-6(5)11(9,14)15;1-2-3-4-5-6;2*1-2/h6-7,13-16,19,22,39-40H,8-12H2,1-5H3;5-6,10H,2-3H2,1H3;5H,2-4H2,1H3;2*1-2H3/t19-;;;;/m0..../s1. The number of carbonyl (C=O) groups is 2. The molecule has 0 saturated heterocycles. The third kappa shape index (κ3) is 13.3. The molecule has 19 heteroatoms. The maximum absolute atomic E-state index is 14.4. The molecule has 2 N–H and O–H groups in total. The number of alkyl halides is 6. The zero-order valence-corrected chi connectivity index (χ0v) is 43.1. The molecule has 2 aromatic carbocycles. The molecular formula is C53H67BF8N7O3. The molecule has 8 rings (SSSR count). The van der Waals surface area contributed by atoms with E-state index in [1.165, 1.54) is 23.6 Å². The Hall–Kier alpha value is -5.59. The summed E-state index contributed by atoms with van der Waals surface area (Å²) in [7, 11) is 3.28. The highest BCUT2D eigenvalue weighted by atomic mass is 19.3. The fraction of sp³-hybridized carbons (Fsp3) is 0.528. The van der Waals surface area contributed by atoms with E-state index in [9.17, 15) is 49.5 Å². The van der Waals surface area contributed by atoms with Crippen LogP contribution in [0.3, 0.4) is 0 Å². The lowest BCUT2D eigenvalue weighted by Gasteiger charge is -2.28. The van der Waals surface area contributed by atoms with Gasteiger partial charge in [-0.05, 0) is 125 Å². The van der Waals surface area contributed by atoms with Crippen molar-refractivity contribution in [2.24, 2.45) is 5.92 Å². The Morgan fingerprint density at radius 3 is 2.14 bits per heavy atom. The lowest BCUT2D eigenvalue weighted by molar-refractivity contribution is -0.118. The minimum Gasteiger partial charge on any atom is -0.357 e. The number of aryl methyl sites for hydroxylation is 2. The van der Waals surface area contributed by atoms with Crippen LogP contribution in [0.5, 0.6) is 0 Å². The average Bonchev–Trinajstić information content (AvgIpc) is 3.98. The molecule has 72 heavy (non-hydrogen) atoms. The zero-order chi connectivity index (χ0) is 54.0. The number of fused-ring (bicyclic) bond motifs is 4. The Morgan fingerprint density at radius 1 is 0.972 bits per heavy atom. The van der Waals surface area contributed by atoms with E-state index in [1.54, 1.807) is 27.5 Å². The molecule has 3 aliphatic carbocycles. The van der Waals surface area contributed by atoms with Gasteiger partial charge in [0.2, 0.25) is 5.92 Å². The molecular weight excluding hydrogens is 945 g/mol. The van der Waals surface area contributed by atoms with E-state index in [0.29, 0.717) is 44.8 Å². The average molecular weight is 1010 g/mol. The van der Waals surface area contributed by atoms with Gasteiger partial charge >= 0.3 is 0 Å². The summed E-state index contributed by atoms with van der Waals surface area (Å²) in [4.78, 5) is 44.7. The van der Waals surface area contributed by atoms with Gasteiger partial charge in [-0.25, -0.2) is 36.3 Å². The third-order valence-corrected chi connectivity index (χ3v) is 12.8. The van der Waals surface area contributed by atoms with Crippen molar-refractivity contribution in [3.05, 3.63) is 115 Å². The predicted molar refractivity (Wildman–Crippen MR) is 267 cm³/mol. The van der Waals surface area contributed by atoms with E-state index in [4.69, 9.17) is 15.4 Å². The van der Waals surface area contributed by atoms with E-state index in [2.05, 4.69) is 17.3 Å². The highest BCUT2D eigenvalue weighted by Crippen LogP contribution is 2.68. The Labute approximate surface area is 417 Å². The van der Waals surface area contributed by atoms with Crippen molar-refractivity contribution in [1.82, 2.24) is 29.5 Å². The molecule has 3 atom stereocenters. The summed E-state index contributed by atoms with van der Waals surface area (Å²) in [5.41, 5.74) is 3.43. The van der Waals surface area contributed by atoms with Crippen molar-refractivity contribution in [2.45, 2.75) is 170 Å². The number of aromatic nitrogens is 5. The fourth-order valence-electron chi connectivity index (χ4n) is 9.47. The van der Waals surface area contributed by atoms with Crippen molar-refractivity contribution < 1.29 is 44.7 Å². The monoisotopic (exact) mass is 1010 g/mol. The number of Topliss-reactive ketones (excluding diaryl/α,β-unsaturated/α-hetero) is 1. The van der Waals surface area contributed by atoms with Crippen molar-refractivity contribution in [1.29, 1.82) is 5.41 Å². The van der Waals surface area contributed by atoms with E-state index in [0.717, 1.165) is 41.9 Å². The minimum atomic E-state index is -3.14. The molecule has 2 unspecified atom stereocenters. The number of hydrogen-bond donors (Lipinski definition) is 2. The maximum atomic E-state index is 14.4. The van der Waals surface area contributed by atoms with Gasteiger partial charge in [-0.3, -0.25) is 18.8 Å². The largest absolute Gasteiger partial charge is 0.357 e. The number of nitrogens with zero attached hydrogens (tertiary/aromatic N) is 5. The fourth-order valence-corrected chi connectivity index (χ4v) is 9.47. The van der Waals surface area contributed by atoms with Crippen LogP contribution in [0, 0.1) is 43.7 Å². The highest BCUT2D eigenvalue weighted by molar-refractivity contribution is 6.76. The molecule has 0 spiro atoms. The van der Waals surface area contributed by atoms with Crippen molar-refractivity contribution in [2.75, 3.05) is 7.05 Å². The molecule has 3 heterocycles. The SMILES string of the molecule is CC.CC.CC(=O)Cn1nc(C(F)F)c2c1C(F)(F)C1CC21.CCCCC=O.CN[B]C(=N)c1c(C)ccc(-n2c([C@@H](C)Cc3cc(F)cc(F)c3)nc3nc(C4CCC(F)(F)CC4)cc(C)c3c2=O)c1C. The van der Waals surface area contributed by atoms with E-state index in [1.807, 2.05) is 60.6 Å². The summed E-state index contributed by atoms with van der Waals surface area (Å²) in [5, 5.41) is 15.3. The summed E-state index contributed by atoms with van der Waals surface area (Å²) >= 11 is 0. The van der Waals surface area contributed by atoms with Crippen molar-refractivity contribution >= 4 is 36.1 Å². The second-order valence-corrected chi connectivity index (χ2v) is 18.1. The van der Waals surface area contributed by atoms with Crippen LogP contribution in [0.4, 0.5) is 35.1 Å². The van der Waals surface area contributed by atoms with Crippen molar-refractivity contribution in [3.8, 4) is 5.69 Å².